The molecule has 0 radical (unpaired) electrons. The number of aryl methyl sites for hydroxylation is 5. The summed E-state index contributed by atoms with van der Waals surface area (Å²) in [5.74, 6) is 0. The first-order valence-electron chi connectivity index (χ1n) is 11.9. The molecule has 3 aromatic carbocycles. The van der Waals surface area contributed by atoms with Gasteiger partial charge in [-0.25, -0.2) is 0 Å². The van der Waals surface area contributed by atoms with Crippen LogP contribution in [0.5, 0.6) is 0 Å². The van der Waals surface area contributed by atoms with Crippen LogP contribution in [0.4, 0.5) is 0 Å². The van der Waals surface area contributed by atoms with Crippen molar-refractivity contribution in [1.29, 1.82) is 0 Å². The van der Waals surface area contributed by atoms with Gasteiger partial charge in [0.2, 0.25) is 0 Å². The van der Waals surface area contributed by atoms with Crippen molar-refractivity contribution in [2.24, 2.45) is 0 Å². The third kappa shape index (κ3) is 9.39. The topological polar surface area (TPSA) is 0 Å². The molecule has 0 aromatic heterocycles. The summed E-state index contributed by atoms with van der Waals surface area (Å²) in [5, 5.41) is 0. The average molecular weight is 417 g/mol. The number of hydrogen-bond acceptors (Lipinski definition) is 0. The van der Waals surface area contributed by atoms with Crippen LogP contribution in [-0.2, 0) is 12.8 Å². The Balaban J connectivity index is 0.000000582. The van der Waals surface area contributed by atoms with E-state index in [1.165, 1.54) is 38.9 Å². The molecule has 3 rings (SSSR count). The molecule has 0 spiro atoms. The Kier molecular flexibility index (Phi) is 14.8. The van der Waals surface area contributed by atoms with Crippen molar-refractivity contribution in [3.05, 3.63) is 112 Å². The molecule has 0 bridgehead atoms. The maximum atomic E-state index is 4.27. The Labute approximate surface area is 193 Å². The third-order valence-electron chi connectivity index (χ3n) is 5.11. The summed E-state index contributed by atoms with van der Waals surface area (Å²) in [4.78, 5) is 0. The number of hydrogen-bond donors (Lipinski definition) is 0. The van der Waals surface area contributed by atoms with Crippen molar-refractivity contribution >= 4 is 5.57 Å². The van der Waals surface area contributed by atoms with Crippen LogP contribution in [-0.4, -0.2) is 0 Å². The first-order valence-corrected chi connectivity index (χ1v) is 11.9. The van der Waals surface area contributed by atoms with Gasteiger partial charge in [0.25, 0.3) is 0 Å². The molecule has 0 heterocycles. The quantitative estimate of drug-likeness (QED) is 0.397. The average Bonchev–Trinajstić information content (AvgIpc) is 2.84. The summed E-state index contributed by atoms with van der Waals surface area (Å²) in [7, 11) is 0. The molecule has 0 unspecified atom stereocenters. The number of benzene rings is 3. The standard InChI is InChI=1S/C18H20.C9H12.2C2H6/c1-5-16-8-6-7-9-18(16)15(4)17-11-10-13(2)14(3)12-17;1-3-9-6-4-8(2)5-7-9;2*1-2/h6-12H,4-5H2,1-3H3;4-7H,3H2,1-2H3;2*1-2H3. The van der Waals surface area contributed by atoms with Crippen LogP contribution in [0.3, 0.4) is 0 Å². The first kappa shape index (κ1) is 28.4. The lowest BCUT2D eigenvalue weighted by Crippen LogP contribution is -1.94. The molecule has 0 heteroatoms. The van der Waals surface area contributed by atoms with Gasteiger partial charge >= 0.3 is 0 Å². The molecule has 0 atom stereocenters. The molecule has 3 aromatic rings. The summed E-state index contributed by atoms with van der Waals surface area (Å²) in [6.07, 6.45) is 2.18. The highest BCUT2D eigenvalue weighted by molar-refractivity contribution is 5.80. The van der Waals surface area contributed by atoms with E-state index in [0.29, 0.717) is 0 Å². The van der Waals surface area contributed by atoms with Crippen molar-refractivity contribution in [2.45, 2.75) is 75.2 Å². The van der Waals surface area contributed by atoms with E-state index in [9.17, 15) is 0 Å². The van der Waals surface area contributed by atoms with Crippen LogP contribution in [0.25, 0.3) is 5.57 Å². The Bertz CT molecular complexity index is 882. The summed E-state index contributed by atoms with van der Waals surface area (Å²) in [6, 6.07) is 23.7. The zero-order valence-corrected chi connectivity index (χ0v) is 21.5. The predicted molar refractivity (Wildman–Crippen MR) is 143 cm³/mol. The second kappa shape index (κ2) is 16.1. The maximum Gasteiger partial charge on any atom is -0.0152 e. The van der Waals surface area contributed by atoms with Crippen LogP contribution in [0, 0.1) is 20.8 Å². The van der Waals surface area contributed by atoms with E-state index in [4.69, 9.17) is 0 Å². The van der Waals surface area contributed by atoms with Gasteiger partial charge in [-0.05, 0) is 72.6 Å². The van der Waals surface area contributed by atoms with Crippen LogP contribution in [0.15, 0.2) is 73.3 Å². The minimum Gasteiger partial charge on any atom is -0.0905 e. The van der Waals surface area contributed by atoms with E-state index < -0.39 is 0 Å². The Morgan fingerprint density at radius 3 is 1.77 bits per heavy atom. The van der Waals surface area contributed by atoms with Gasteiger partial charge in [0, 0.05) is 0 Å². The fourth-order valence-corrected chi connectivity index (χ4v) is 3.03. The molecule has 168 valence electrons. The molecular formula is C31H44. The normalized spacial score (nSPS) is 9.19. The molecular weight excluding hydrogens is 372 g/mol. The van der Waals surface area contributed by atoms with Crippen LogP contribution >= 0.6 is 0 Å². The fourth-order valence-electron chi connectivity index (χ4n) is 3.03. The maximum absolute atomic E-state index is 4.27. The van der Waals surface area contributed by atoms with E-state index in [-0.39, 0.29) is 0 Å². The third-order valence-corrected chi connectivity index (χ3v) is 5.11. The molecule has 0 saturated heterocycles. The SMILES string of the molecule is C=C(c1ccc(C)c(C)c1)c1ccccc1CC.CC.CC.CCc1ccc(C)cc1. The van der Waals surface area contributed by atoms with Gasteiger partial charge in [0.1, 0.15) is 0 Å². The molecule has 0 aliphatic rings. The lowest BCUT2D eigenvalue weighted by atomic mass is 9.92. The van der Waals surface area contributed by atoms with Crippen molar-refractivity contribution in [2.75, 3.05) is 0 Å². The first-order chi connectivity index (χ1) is 15.0. The Hall–Kier alpha value is -2.60. The van der Waals surface area contributed by atoms with Crippen molar-refractivity contribution < 1.29 is 0 Å². The van der Waals surface area contributed by atoms with E-state index in [0.717, 1.165) is 18.4 Å². The second-order valence-electron chi connectivity index (χ2n) is 7.13. The van der Waals surface area contributed by atoms with Crippen molar-refractivity contribution in [3.8, 4) is 0 Å². The van der Waals surface area contributed by atoms with E-state index in [1.807, 2.05) is 27.7 Å². The Morgan fingerprint density at radius 1 is 0.677 bits per heavy atom. The van der Waals surface area contributed by atoms with Gasteiger partial charge in [-0.2, -0.15) is 0 Å². The monoisotopic (exact) mass is 416 g/mol. The summed E-state index contributed by atoms with van der Waals surface area (Å²) >= 11 is 0. The minimum atomic E-state index is 1.04. The van der Waals surface area contributed by atoms with E-state index in [1.54, 1.807) is 0 Å². The van der Waals surface area contributed by atoms with Gasteiger partial charge < -0.3 is 0 Å². The minimum absolute atomic E-state index is 1.04. The largest absolute Gasteiger partial charge is 0.0905 e. The molecule has 0 fully saturated rings. The molecule has 31 heavy (non-hydrogen) atoms. The smallest absolute Gasteiger partial charge is 0.0152 e. The molecule has 0 aliphatic heterocycles. The van der Waals surface area contributed by atoms with E-state index in [2.05, 4.69) is 108 Å². The van der Waals surface area contributed by atoms with Crippen molar-refractivity contribution in [3.63, 3.8) is 0 Å². The van der Waals surface area contributed by atoms with Crippen LogP contribution in [0.2, 0.25) is 0 Å². The molecule has 0 N–H and O–H groups in total. The van der Waals surface area contributed by atoms with Gasteiger partial charge in [-0.3, -0.25) is 0 Å². The summed E-state index contributed by atoms with van der Waals surface area (Å²) in [5.41, 5.74) is 10.4. The molecule has 0 amide bonds. The lowest BCUT2D eigenvalue weighted by Gasteiger charge is -2.12. The molecule has 0 aliphatic carbocycles. The summed E-state index contributed by atoms with van der Waals surface area (Å²) in [6.45, 7) is 23.0. The second-order valence-corrected chi connectivity index (χ2v) is 7.13. The molecule has 0 nitrogen and oxygen atoms in total. The zero-order chi connectivity index (χ0) is 23.8. The van der Waals surface area contributed by atoms with Crippen molar-refractivity contribution in [1.82, 2.24) is 0 Å². The summed E-state index contributed by atoms with van der Waals surface area (Å²) < 4.78 is 0. The van der Waals surface area contributed by atoms with Gasteiger partial charge in [-0.15, -0.1) is 0 Å². The highest BCUT2D eigenvalue weighted by Gasteiger charge is 2.07. The predicted octanol–water partition coefficient (Wildman–Crippen LogP) is 9.54. The van der Waals surface area contributed by atoms with E-state index >= 15 is 0 Å². The fraction of sp³-hybridized carbons (Fsp3) is 0.355. The van der Waals surface area contributed by atoms with Crippen LogP contribution < -0.4 is 0 Å². The van der Waals surface area contributed by atoms with Crippen LogP contribution in [0.1, 0.15) is 80.5 Å². The van der Waals surface area contributed by atoms with Gasteiger partial charge in [-0.1, -0.05) is 120 Å². The lowest BCUT2D eigenvalue weighted by molar-refractivity contribution is 1.13. The number of rotatable bonds is 4. The Morgan fingerprint density at radius 2 is 1.26 bits per heavy atom. The zero-order valence-electron chi connectivity index (χ0n) is 21.5. The molecule has 0 saturated carbocycles. The van der Waals surface area contributed by atoms with Gasteiger partial charge in [0.15, 0.2) is 0 Å². The highest BCUT2D eigenvalue weighted by atomic mass is 14.1. The van der Waals surface area contributed by atoms with Gasteiger partial charge in [0.05, 0.1) is 0 Å². The highest BCUT2D eigenvalue weighted by Crippen LogP contribution is 2.26.